The number of rotatable bonds is 3. The standard InChI is InChI=1S/3C4H8O2.7C2H6O/c3*1-3-6-4(2)5;7*1-2-3/h3*3H2,1-2H3;7*3H,2H2,1H3. The average Bonchev–Trinajstić information content (AvgIpc) is 2.78. The molecule has 0 aliphatic rings. The summed E-state index contributed by atoms with van der Waals surface area (Å²) in [7, 11) is 0. The van der Waals surface area contributed by atoms with E-state index in [1.807, 2.05) is 0 Å². The number of carbonyl (C=O) groups is 3. The summed E-state index contributed by atoms with van der Waals surface area (Å²) < 4.78 is 13.2. The lowest BCUT2D eigenvalue weighted by Gasteiger charge is -1.89. The molecule has 0 radical (unpaired) electrons. The lowest BCUT2D eigenvalue weighted by atomic mass is 10.8. The SMILES string of the molecule is CCO.CCO.CCO.CCO.CCO.CCO.CCO.CCOC(C)=O.CCOC(C)=O.CCOC(C)=O. The van der Waals surface area contributed by atoms with Gasteiger partial charge in [0.15, 0.2) is 0 Å². The van der Waals surface area contributed by atoms with Crippen molar-refractivity contribution in [2.75, 3.05) is 66.1 Å². The smallest absolute Gasteiger partial charge is 0.302 e. The molecule has 0 heterocycles. The van der Waals surface area contributed by atoms with Crippen molar-refractivity contribution in [3.63, 3.8) is 0 Å². The predicted molar refractivity (Wildman–Crippen MR) is 156 cm³/mol. The first kappa shape index (κ1) is 65.9. The van der Waals surface area contributed by atoms with Crippen LogP contribution in [0.4, 0.5) is 0 Å². The first-order valence-electron chi connectivity index (χ1n) is 12.9. The molecule has 0 aliphatic carbocycles. The fraction of sp³-hybridized carbons (Fsp3) is 0.885. The number of hydrogen-bond acceptors (Lipinski definition) is 13. The van der Waals surface area contributed by atoms with Gasteiger partial charge in [-0.25, -0.2) is 0 Å². The second-order valence-corrected chi connectivity index (χ2v) is 4.99. The van der Waals surface area contributed by atoms with Crippen LogP contribution in [0.15, 0.2) is 0 Å². The lowest BCUT2D eigenvalue weighted by molar-refractivity contribution is -0.141. The van der Waals surface area contributed by atoms with E-state index in [2.05, 4.69) is 14.2 Å². The van der Waals surface area contributed by atoms with Crippen molar-refractivity contribution < 1.29 is 64.3 Å². The van der Waals surface area contributed by atoms with Gasteiger partial charge < -0.3 is 50.0 Å². The van der Waals surface area contributed by atoms with Crippen molar-refractivity contribution in [1.29, 1.82) is 0 Å². The third kappa shape index (κ3) is 828. The largest absolute Gasteiger partial charge is 0.466 e. The van der Waals surface area contributed by atoms with Gasteiger partial charge in [-0.2, -0.15) is 0 Å². The summed E-state index contributed by atoms with van der Waals surface area (Å²) in [6, 6.07) is 0. The van der Waals surface area contributed by atoms with Gasteiger partial charge in [0, 0.05) is 67.0 Å². The molecule has 0 aromatic carbocycles. The predicted octanol–water partition coefficient (Wildman–Crippen LogP) is 1.70. The van der Waals surface area contributed by atoms with Crippen LogP contribution in [0.3, 0.4) is 0 Å². The van der Waals surface area contributed by atoms with Gasteiger partial charge in [0.25, 0.3) is 0 Å². The Morgan fingerprint density at radius 3 is 0.436 bits per heavy atom. The highest BCUT2D eigenvalue weighted by Gasteiger charge is 1.82. The summed E-state index contributed by atoms with van der Waals surface area (Å²) >= 11 is 0. The zero-order valence-corrected chi connectivity index (χ0v) is 27.2. The minimum Gasteiger partial charge on any atom is -0.466 e. The molecular weight excluding hydrogens is 520 g/mol. The third-order valence-corrected chi connectivity index (χ3v) is 1.04. The molecule has 0 unspecified atom stereocenters. The van der Waals surface area contributed by atoms with Crippen LogP contribution in [0, 0.1) is 0 Å². The van der Waals surface area contributed by atoms with Gasteiger partial charge in [0.2, 0.25) is 0 Å². The lowest BCUT2D eigenvalue weighted by Crippen LogP contribution is -1.95. The Labute approximate surface area is 238 Å². The highest BCUT2D eigenvalue weighted by Crippen LogP contribution is 1.70. The molecule has 0 aromatic heterocycles. The summed E-state index contributed by atoms with van der Waals surface area (Å²) in [5, 5.41) is 53.0. The molecule has 0 atom stereocenters. The number of carbonyl (C=O) groups excluding carboxylic acids is 3. The van der Waals surface area contributed by atoms with Crippen LogP contribution in [0.1, 0.15) is 90.0 Å². The van der Waals surface area contributed by atoms with E-state index in [0.29, 0.717) is 19.8 Å². The summed E-state index contributed by atoms with van der Waals surface area (Å²) in [5.41, 5.74) is 0. The van der Waals surface area contributed by atoms with Crippen LogP contribution in [0.2, 0.25) is 0 Å². The summed E-state index contributed by atoms with van der Waals surface area (Å²) in [6.07, 6.45) is 0. The molecule has 0 bridgehead atoms. The van der Waals surface area contributed by atoms with E-state index in [0.717, 1.165) is 0 Å². The summed E-state index contributed by atoms with van der Waals surface area (Å²) in [6.45, 7) is 24.5. The minimum atomic E-state index is -0.211. The Morgan fingerprint density at radius 2 is 0.436 bits per heavy atom. The van der Waals surface area contributed by atoms with Gasteiger partial charge in [-0.1, -0.05) is 0 Å². The Kier molecular flexibility index (Phi) is 186. The molecule has 0 aromatic rings. The third-order valence-electron chi connectivity index (χ3n) is 1.04. The molecule has 0 spiro atoms. The number of esters is 3. The van der Waals surface area contributed by atoms with Crippen LogP contribution in [0.25, 0.3) is 0 Å². The van der Waals surface area contributed by atoms with Gasteiger partial charge in [0.05, 0.1) is 19.8 Å². The van der Waals surface area contributed by atoms with Crippen molar-refractivity contribution in [1.82, 2.24) is 0 Å². The van der Waals surface area contributed by atoms with Crippen LogP contribution >= 0.6 is 0 Å². The van der Waals surface area contributed by atoms with E-state index in [-0.39, 0.29) is 64.2 Å². The molecular formula is C26H66O13. The van der Waals surface area contributed by atoms with Crippen LogP contribution in [-0.4, -0.2) is 120 Å². The second kappa shape index (κ2) is 110. The normalized spacial score (nSPS) is 6.77. The maximum atomic E-state index is 9.82. The number of aliphatic hydroxyl groups excluding tert-OH is 7. The molecule has 13 nitrogen and oxygen atoms in total. The first-order valence-corrected chi connectivity index (χ1v) is 12.9. The molecule has 248 valence electrons. The van der Waals surface area contributed by atoms with Crippen LogP contribution < -0.4 is 0 Å². The Bertz CT molecular complexity index is 273. The monoisotopic (exact) mass is 586 g/mol. The number of aliphatic hydroxyl groups is 7. The fourth-order valence-corrected chi connectivity index (χ4v) is 0.610. The van der Waals surface area contributed by atoms with Gasteiger partial charge in [0.1, 0.15) is 0 Å². The molecule has 0 saturated heterocycles. The highest BCUT2D eigenvalue weighted by atomic mass is 16.5. The topological polar surface area (TPSA) is 221 Å². The molecule has 39 heavy (non-hydrogen) atoms. The van der Waals surface area contributed by atoms with Crippen molar-refractivity contribution in [3.8, 4) is 0 Å². The van der Waals surface area contributed by atoms with E-state index < -0.39 is 0 Å². The van der Waals surface area contributed by atoms with Crippen molar-refractivity contribution >= 4 is 17.9 Å². The van der Waals surface area contributed by atoms with Gasteiger partial charge >= 0.3 is 17.9 Å². The zero-order chi connectivity index (χ0) is 33.9. The van der Waals surface area contributed by atoms with E-state index >= 15 is 0 Å². The molecule has 0 amide bonds. The number of ether oxygens (including phenoxy) is 3. The van der Waals surface area contributed by atoms with Gasteiger partial charge in [-0.15, -0.1) is 0 Å². The second-order valence-electron chi connectivity index (χ2n) is 4.99. The van der Waals surface area contributed by atoms with Crippen LogP contribution in [0.5, 0.6) is 0 Å². The highest BCUT2D eigenvalue weighted by molar-refractivity contribution is 5.66. The zero-order valence-electron chi connectivity index (χ0n) is 27.2. The van der Waals surface area contributed by atoms with Gasteiger partial charge in [-0.05, 0) is 69.2 Å². The molecule has 0 rings (SSSR count). The van der Waals surface area contributed by atoms with Gasteiger partial charge in [-0.3, -0.25) is 14.4 Å². The quantitative estimate of drug-likeness (QED) is 0.185. The summed E-state index contributed by atoms with van der Waals surface area (Å²) in [5.74, 6) is -0.632. The first-order chi connectivity index (χ1) is 18.2. The van der Waals surface area contributed by atoms with E-state index in [9.17, 15) is 14.4 Å². The number of hydrogen-bond donors (Lipinski definition) is 7. The van der Waals surface area contributed by atoms with Crippen molar-refractivity contribution in [2.45, 2.75) is 90.0 Å². The maximum absolute atomic E-state index is 9.82. The average molecular weight is 587 g/mol. The fourth-order valence-electron chi connectivity index (χ4n) is 0.610. The van der Waals surface area contributed by atoms with E-state index in [4.69, 9.17) is 35.7 Å². The van der Waals surface area contributed by atoms with Crippen molar-refractivity contribution in [3.05, 3.63) is 0 Å². The Morgan fingerprint density at radius 1 is 0.359 bits per heavy atom. The van der Waals surface area contributed by atoms with Crippen molar-refractivity contribution in [2.24, 2.45) is 0 Å². The van der Waals surface area contributed by atoms with E-state index in [1.165, 1.54) is 20.8 Å². The Hall–Kier alpha value is -1.87. The maximum Gasteiger partial charge on any atom is 0.302 e. The molecule has 0 aliphatic heterocycles. The molecule has 0 fully saturated rings. The molecule has 7 N–H and O–H groups in total. The van der Waals surface area contributed by atoms with Crippen LogP contribution in [-0.2, 0) is 28.6 Å². The minimum absolute atomic E-state index is 0.211. The summed E-state index contributed by atoms with van der Waals surface area (Å²) in [4.78, 5) is 29.5. The molecule has 0 saturated carbocycles. The Balaban J connectivity index is -0.0000000306. The molecule has 13 heteroatoms. The van der Waals surface area contributed by atoms with E-state index in [1.54, 1.807) is 69.2 Å².